The number of aryl methyl sites for hydroxylation is 1. The molecule has 2 heterocycles. The molecule has 0 atom stereocenters. The van der Waals surface area contributed by atoms with Crippen molar-refractivity contribution in [1.29, 1.82) is 0 Å². The minimum atomic E-state index is -0.173. The van der Waals surface area contributed by atoms with Crippen molar-refractivity contribution in [1.82, 2.24) is 15.2 Å². The molecule has 41 heavy (non-hydrogen) atoms. The summed E-state index contributed by atoms with van der Waals surface area (Å²) in [4.78, 5) is 41.4. The van der Waals surface area contributed by atoms with Crippen LogP contribution in [0, 0.1) is 5.92 Å². The standard InChI is InChI=1S/C32H44N4O4S/c1-3-23-10-9-11-26(20-23)35(4-2)30(38)22-36-27-16-19-41-29(27)21-28(36)32(40)34-25-14-12-24(13-15-25)31(39)33-17-7-5-6-8-18-37/h9-11,16,19-21,24-25,37H,3-8,12-15,17-18,22H2,1-2H3,(H,33,39)(H,34,40)/t24-,25-. The molecule has 0 radical (unpaired) electrons. The molecule has 8 nitrogen and oxygen atoms in total. The number of nitrogens with zero attached hydrogens (tertiary/aromatic N) is 2. The Balaban J connectivity index is 1.35. The normalized spacial score (nSPS) is 17.0. The number of hydrogen-bond donors (Lipinski definition) is 3. The molecule has 3 amide bonds. The Morgan fingerprint density at radius 1 is 1.02 bits per heavy atom. The first-order valence-electron chi connectivity index (χ1n) is 15.1. The van der Waals surface area contributed by atoms with Crippen molar-refractivity contribution >= 4 is 45.0 Å². The molecule has 3 aromatic rings. The van der Waals surface area contributed by atoms with Crippen LogP contribution in [0.2, 0.25) is 0 Å². The van der Waals surface area contributed by atoms with Crippen LogP contribution in [0.4, 0.5) is 5.69 Å². The van der Waals surface area contributed by atoms with Gasteiger partial charge in [-0.05, 0) is 87.1 Å². The van der Waals surface area contributed by atoms with Gasteiger partial charge in [-0.1, -0.05) is 31.9 Å². The van der Waals surface area contributed by atoms with E-state index in [-0.39, 0.29) is 42.8 Å². The van der Waals surface area contributed by atoms with Crippen LogP contribution in [0.1, 0.15) is 81.3 Å². The molecule has 2 aromatic heterocycles. The summed E-state index contributed by atoms with van der Waals surface area (Å²) < 4.78 is 2.82. The van der Waals surface area contributed by atoms with Gasteiger partial charge in [0.25, 0.3) is 5.91 Å². The van der Waals surface area contributed by atoms with Gasteiger partial charge in [-0.15, -0.1) is 11.3 Å². The lowest BCUT2D eigenvalue weighted by Crippen LogP contribution is -2.42. The van der Waals surface area contributed by atoms with Gasteiger partial charge in [0.15, 0.2) is 0 Å². The average molecular weight is 581 g/mol. The Hall–Kier alpha value is -3.17. The highest BCUT2D eigenvalue weighted by molar-refractivity contribution is 7.17. The quantitative estimate of drug-likeness (QED) is 0.226. The van der Waals surface area contributed by atoms with Crippen LogP contribution >= 0.6 is 11.3 Å². The number of fused-ring (bicyclic) bond motifs is 1. The van der Waals surface area contributed by atoms with Gasteiger partial charge in [-0.2, -0.15) is 0 Å². The van der Waals surface area contributed by atoms with Gasteiger partial charge in [-0.25, -0.2) is 0 Å². The molecule has 3 N–H and O–H groups in total. The molecule has 1 fully saturated rings. The molecule has 0 spiro atoms. The third-order valence-electron chi connectivity index (χ3n) is 8.11. The van der Waals surface area contributed by atoms with E-state index >= 15 is 0 Å². The van der Waals surface area contributed by atoms with Crippen LogP contribution < -0.4 is 15.5 Å². The largest absolute Gasteiger partial charge is 0.396 e. The third-order valence-corrected chi connectivity index (χ3v) is 8.97. The SMILES string of the molecule is CCc1cccc(N(CC)C(=O)Cn2c(C(=O)N[C@H]3CC[C@H](C(=O)NCCCCCCO)CC3)cc3sccc32)c1. The summed E-state index contributed by atoms with van der Waals surface area (Å²) in [6.45, 7) is 5.59. The molecule has 1 aliphatic rings. The number of hydrogen-bond acceptors (Lipinski definition) is 5. The smallest absolute Gasteiger partial charge is 0.268 e. The van der Waals surface area contributed by atoms with Crippen molar-refractivity contribution in [2.75, 3.05) is 24.6 Å². The monoisotopic (exact) mass is 580 g/mol. The van der Waals surface area contributed by atoms with Gasteiger partial charge in [-0.3, -0.25) is 14.4 Å². The van der Waals surface area contributed by atoms with Crippen molar-refractivity contribution in [2.45, 2.75) is 84.2 Å². The minimum Gasteiger partial charge on any atom is -0.396 e. The summed E-state index contributed by atoms with van der Waals surface area (Å²) in [5, 5.41) is 17.1. The zero-order chi connectivity index (χ0) is 29.2. The predicted octanol–water partition coefficient (Wildman–Crippen LogP) is 5.28. The maximum atomic E-state index is 13.5. The second-order valence-electron chi connectivity index (χ2n) is 10.9. The maximum Gasteiger partial charge on any atom is 0.268 e. The highest BCUT2D eigenvalue weighted by Gasteiger charge is 2.28. The summed E-state index contributed by atoms with van der Waals surface area (Å²) in [7, 11) is 0. The number of benzene rings is 1. The number of rotatable bonds is 14. The number of unbranched alkanes of at least 4 members (excludes halogenated alkanes) is 3. The molecule has 1 aliphatic carbocycles. The maximum absolute atomic E-state index is 13.5. The second-order valence-corrected chi connectivity index (χ2v) is 11.8. The minimum absolute atomic E-state index is 0.00560. The van der Waals surface area contributed by atoms with E-state index in [2.05, 4.69) is 29.7 Å². The predicted molar refractivity (Wildman–Crippen MR) is 165 cm³/mol. The molecular weight excluding hydrogens is 536 g/mol. The second kappa shape index (κ2) is 15.2. The number of aliphatic hydroxyl groups is 1. The first-order valence-corrected chi connectivity index (χ1v) is 16.0. The van der Waals surface area contributed by atoms with Gasteiger partial charge < -0.3 is 25.2 Å². The fourth-order valence-corrected chi connectivity index (χ4v) is 6.53. The molecule has 0 aliphatic heterocycles. The lowest BCUT2D eigenvalue weighted by Gasteiger charge is -2.28. The average Bonchev–Trinajstić information content (AvgIpc) is 3.58. The van der Waals surface area contributed by atoms with Crippen molar-refractivity contribution in [3.63, 3.8) is 0 Å². The summed E-state index contributed by atoms with van der Waals surface area (Å²) in [6.07, 6.45) is 7.64. The zero-order valence-electron chi connectivity index (χ0n) is 24.4. The van der Waals surface area contributed by atoms with E-state index in [1.165, 1.54) is 5.56 Å². The van der Waals surface area contributed by atoms with E-state index in [0.29, 0.717) is 18.8 Å². The van der Waals surface area contributed by atoms with Gasteiger partial charge in [0.05, 0.1) is 10.2 Å². The fraction of sp³-hybridized carbons (Fsp3) is 0.531. The number of aromatic nitrogens is 1. The van der Waals surface area contributed by atoms with E-state index in [1.54, 1.807) is 16.2 Å². The molecule has 1 saturated carbocycles. The Kier molecular flexibility index (Phi) is 11.4. The highest BCUT2D eigenvalue weighted by atomic mass is 32.1. The summed E-state index contributed by atoms with van der Waals surface area (Å²) in [5.41, 5.74) is 3.44. The van der Waals surface area contributed by atoms with Gasteiger partial charge >= 0.3 is 0 Å². The topological polar surface area (TPSA) is 104 Å². The first kappa shape index (κ1) is 30.8. The van der Waals surface area contributed by atoms with E-state index in [9.17, 15) is 14.4 Å². The number of carbonyl (C=O) groups excluding carboxylic acids is 3. The number of anilines is 1. The number of nitrogens with one attached hydrogen (secondary N) is 2. The zero-order valence-corrected chi connectivity index (χ0v) is 25.2. The van der Waals surface area contributed by atoms with E-state index in [4.69, 9.17) is 5.11 Å². The Morgan fingerprint density at radius 2 is 1.80 bits per heavy atom. The number of thiophene rings is 1. The number of carbonyl (C=O) groups is 3. The Labute approximate surface area is 247 Å². The third kappa shape index (κ3) is 7.98. The lowest BCUT2D eigenvalue weighted by molar-refractivity contribution is -0.126. The van der Waals surface area contributed by atoms with Crippen molar-refractivity contribution < 1.29 is 19.5 Å². The summed E-state index contributed by atoms with van der Waals surface area (Å²) in [5.74, 6) is -0.139. The van der Waals surface area contributed by atoms with E-state index in [0.717, 1.165) is 73.7 Å². The molecule has 4 rings (SSSR count). The van der Waals surface area contributed by atoms with Gasteiger partial charge in [0.1, 0.15) is 12.2 Å². The van der Waals surface area contributed by atoms with Crippen molar-refractivity contribution in [3.8, 4) is 0 Å². The summed E-state index contributed by atoms with van der Waals surface area (Å²) in [6, 6.07) is 11.9. The van der Waals surface area contributed by atoms with Gasteiger partial charge in [0.2, 0.25) is 11.8 Å². The molecular formula is C32H44N4O4S. The fourth-order valence-electron chi connectivity index (χ4n) is 5.71. The van der Waals surface area contributed by atoms with Crippen LogP contribution in [-0.2, 0) is 22.6 Å². The molecule has 222 valence electrons. The van der Waals surface area contributed by atoms with Crippen LogP contribution in [0.25, 0.3) is 10.2 Å². The van der Waals surface area contributed by atoms with Gasteiger partial charge in [0, 0.05) is 37.3 Å². The number of amides is 3. The Morgan fingerprint density at radius 3 is 2.54 bits per heavy atom. The van der Waals surface area contributed by atoms with Crippen LogP contribution in [-0.4, -0.2) is 53.1 Å². The first-order chi connectivity index (χ1) is 19.9. The Bertz CT molecular complexity index is 1310. The van der Waals surface area contributed by atoms with Crippen LogP contribution in [0.15, 0.2) is 41.8 Å². The molecule has 0 bridgehead atoms. The van der Waals surface area contributed by atoms with Crippen molar-refractivity contribution in [2.24, 2.45) is 5.92 Å². The lowest BCUT2D eigenvalue weighted by atomic mass is 9.85. The molecule has 0 unspecified atom stereocenters. The molecule has 0 saturated heterocycles. The molecule has 9 heteroatoms. The highest BCUT2D eigenvalue weighted by Crippen LogP contribution is 2.28. The number of aliphatic hydroxyl groups excluding tert-OH is 1. The number of likely N-dealkylation sites (N-methyl/N-ethyl adjacent to an activating group) is 1. The van der Waals surface area contributed by atoms with Crippen LogP contribution in [0.5, 0.6) is 0 Å². The van der Waals surface area contributed by atoms with E-state index in [1.807, 2.05) is 41.1 Å². The van der Waals surface area contributed by atoms with Crippen LogP contribution in [0.3, 0.4) is 0 Å². The molecule has 1 aromatic carbocycles. The van der Waals surface area contributed by atoms with E-state index < -0.39 is 0 Å². The van der Waals surface area contributed by atoms with Crippen molar-refractivity contribution in [3.05, 3.63) is 53.0 Å². The summed E-state index contributed by atoms with van der Waals surface area (Å²) >= 11 is 1.56.